The lowest BCUT2D eigenvalue weighted by molar-refractivity contribution is -0.123. The average molecular weight is 396 g/mol. The van der Waals surface area contributed by atoms with E-state index in [4.69, 9.17) is 9.57 Å². The standard InChI is InChI=1S/C23H28N2O4/c1-13-10-16-6-8-19(25-22(27)12-24-29-5)18-11-20(26)21(28-4)9-7-17(18)23(16)15(3)14(13)2/h7,9-11,19,24H,6,8,12H2,1-5H3,(H,25,27)/t19-/m0/s1. The van der Waals surface area contributed by atoms with Crippen LogP contribution in [-0.4, -0.2) is 26.7 Å². The predicted molar refractivity (Wildman–Crippen MR) is 113 cm³/mol. The van der Waals surface area contributed by atoms with Crippen molar-refractivity contribution >= 4 is 5.91 Å². The molecule has 6 heteroatoms. The average Bonchev–Trinajstić information content (AvgIpc) is 2.94. The van der Waals surface area contributed by atoms with Crippen molar-refractivity contribution in [3.63, 3.8) is 0 Å². The van der Waals surface area contributed by atoms with Crippen LogP contribution in [0.15, 0.2) is 29.1 Å². The van der Waals surface area contributed by atoms with E-state index < -0.39 is 0 Å². The zero-order valence-electron chi connectivity index (χ0n) is 17.6. The first kappa shape index (κ1) is 21.0. The van der Waals surface area contributed by atoms with Gasteiger partial charge >= 0.3 is 0 Å². The molecule has 0 bridgehead atoms. The van der Waals surface area contributed by atoms with Crippen molar-refractivity contribution in [2.24, 2.45) is 0 Å². The Morgan fingerprint density at radius 2 is 1.90 bits per heavy atom. The minimum Gasteiger partial charge on any atom is -0.493 e. The first-order valence-electron chi connectivity index (χ1n) is 9.74. The first-order chi connectivity index (χ1) is 13.9. The second kappa shape index (κ2) is 8.76. The number of carbonyl (C=O) groups excluding carboxylic acids is 1. The maximum Gasteiger partial charge on any atom is 0.236 e. The van der Waals surface area contributed by atoms with E-state index in [0.717, 1.165) is 23.1 Å². The molecular formula is C23H28N2O4. The van der Waals surface area contributed by atoms with Crippen LogP contribution in [-0.2, 0) is 16.1 Å². The number of hydroxylamine groups is 1. The predicted octanol–water partition coefficient (Wildman–Crippen LogP) is 2.90. The Hall–Kier alpha value is -2.70. The van der Waals surface area contributed by atoms with E-state index in [0.29, 0.717) is 6.42 Å². The molecule has 6 nitrogen and oxygen atoms in total. The molecule has 2 aromatic rings. The summed E-state index contributed by atoms with van der Waals surface area (Å²) in [6, 6.07) is 7.20. The van der Waals surface area contributed by atoms with E-state index >= 15 is 0 Å². The van der Waals surface area contributed by atoms with Gasteiger partial charge in [0.05, 0.1) is 26.8 Å². The molecule has 0 saturated carbocycles. The fourth-order valence-electron chi connectivity index (χ4n) is 4.04. The number of hydrogen-bond acceptors (Lipinski definition) is 5. The van der Waals surface area contributed by atoms with E-state index in [1.54, 1.807) is 12.1 Å². The lowest BCUT2D eigenvalue weighted by Gasteiger charge is -2.19. The fourth-order valence-corrected chi connectivity index (χ4v) is 4.04. The number of methoxy groups -OCH3 is 1. The summed E-state index contributed by atoms with van der Waals surface area (Å²) in [6.07, 6.45) is 1.51. The largest absolute Gasteiger partial charge is 0.493 e. The van der Waals surface area contributed by atoms with Crippen molar-refractivity contribution in [2.45, 2.75) is 39.7 Å². The van der Waals surface area contributed by atoms with Crippen LogP contribution in [0.25, 0.3) is 11.1 Å². The van der Waals surface area contributed by atoms with Crippen molar-refractivity contribution in [2.75, 3.05) is 20.8 Å². The Morgan fingerprint density at radius 3 is 2.59 bits per heavy atom. The molecule has 0 aromatic heterocycles. The third-order valence-corrected chi connectivity index (χ3v) is 5.76. The Bertz CT molecular complexity index is 1000. The minimum atomic E-state index is -0.284. The highest BCUT2D eigenvalue weighted by Gasteiger charge is 2.26. The summed E-state index contributed by atoms with van der Waals surface area (Å²) in [5.74, 6) is 0.0935. The van der Waals surface area contributed by atoms with Crippen LogP contribution in [0.5, 0.6) is 5.75 Å². The highest BCUT2D eigenvalue weighted by Crippen LogP contribution is 2.40. The third-order valence-electron chi connectivity index (χ3n) is 5.76. The molecule has 2 aromatic carbocycles. The van der Waals surface area contributed by atoms with Crippen LogP contribution in [0, 0.1) is 20.8 Å². The fraction of sp³-hybridized carbons (Fsp3) is 0.391. The summed E-state index contributed by atoms with van der Waals surface area (Å²) in [6.45, 7) is 6.40. The van der Waals surface area contributed by atoms with Gasteiger partial charge < -0.3 is 14.9 Å². The molecule has 1 atom stereocenters. The zero-order valence-corrected chi connectivity index (χ0v) is 17.6. The molecule has 0 unspecified atom stereocenters. The lowest BCUT2D eigenvalue weighted by atomic mass is 9.88. The molecule has 0 aliphatic heterocycles. The molecule has 3 rings (SSSR count). The van der Waals surface area contributed by atoms with Crippen LogP contribution in [0.3, 0.4) is 0 Å². The number of amides is 1. The number of nitrogens with one attached hydrogen (secondary N) is 2. The van der Waals surface area contributed by atoms with Gasteiger partial charge in [0.2, 0.25) is 11.3 Å². The van der Waals surface area contributed by atoms with Crippen LogP contribution in [0.4, 0.5) is 0 Å². The smallest absolute Gasteiger partial charge is 0.236 e. The number of benzene rings is 1. The van der Waals surface area contributed by atoms with Crippen molar-refractivity contribution in [3.8, 4) is 16.9 Å². The van der Waals surface area contributed by atoms with E-state index in [9.17, 15) is 9.59 Å². The molecule has 0 radical (unpaired) electrons. The van der Waals surface area contributed by atoms with Gasteiger partial charge in [-0.2, -0.15) is 5.48 Å². The van der Waals surface area contributed by atoms with Crippen molar-refractivity contribution in [3.05, 3.63) is 62.3 Å². The Labute approximate surface area is 171 Å². The van der Waals surface area contributed by atoms with E-state index in [-0.39, 0.29) is 29.7 Å². The molecule has 154 valence electrons. The SMILES string of the molecule is CONCC(=O)N[C@H]1CCc2cc(C)c(C)c(C)c2-c2ccc(OC)c(=O)cc21. The van der Waals surface area contributed by atoms with E-state index in [1.807, 2.05) is 6.07 Å². The van der Waals surface area contributed by atoms with Crippen LogP contribution in [0.1, 0.15) is 40.3 Å². The highest BCUT2D eigenvalue weighted by atomic mass is 16.6. The molecule has 2 N–H and O–H groups in total. The lowest BCUT2D eigenvalue weighted by Crippen LogP contribution is -2.36. The number of aryl methyl sites for hydroxylation is 2. The van der Waals surface area contributed by atoms with Crippen LogP contribution >= 0.6 is 0 Å². The number of carbonyl (C=O) groups is 1. The molecule has 0 fully saturated rings. The van der Waals surface area contributed by atoms with Gasteiger partial charge in [-0.25, -0.2) is 0 Å². The molecule has 1 amide bonds. The highest BCUT2D eigenvalue weighted by molar-refractivity contribution is 5.81. The van der Waals surface area contributed by atoms with Gasteiger partial charge in [-0.3, -0.25) is 9.59 Å². The van der Waals surface area contributed by atoms with Gasteiger partial charge in [0.15, 0.2) is 5.75 Å². The van der Waals surface area contributed by atoms with Crippen molar-refractivity contribution < 1.29 is 14.4 Å². The van der Waals surface area contributed by atoms with Crippen molar-refractivity contribution in [1.29, 1.82) is 0 Å². The van der Waals surface area contributed by atoms with E-state index in [1.165, 1.54) is 36.5 Å². The number of fused-ring (bicyclic) bond motifs is 3. The van der Waals surface area contributed by atoms with Gasteiger partial charge in [0, 0.05) is 0 Å². The van der Waals surface area contributed by atoms with Crippen molar-refractivity contribution in [1.82, 2.24) is 10.8 Å². The van der Waals surface area contributed by atoms with Gasteiger partial charge in [-0.1, -0.05) is 12.1 Å². The summed E-state index contributed by atoms with van der Waals surface area (Å²) in [4.78, 5) is 29.8. The maximum atomic E-state index is 12.7. The Kier molecular flexibility index (Phi) is 6.35. The number of rotatable bonds is 5. The maximum absolute atomic E-state index is 12.7. The summed E-state index contributed by atoms with van der Waals surface area (Å²) >= 11 is 0. The first-order valence-corrected chi connectivity index (χ1v) is 9.74. The van der Waals surface area contributed by atoms with Gasteiger partial charge in [-0.05, 0) is 84.7 Å². The third kappa shape index (κ3) is 4.18. The Morgan fingerprint density at radius 1 is 1.14 bits per heavy atom. The zero-order chi connectivity index (χ0) is 21.1. The molecule has 1 aliphatic rings. The topological polar surface area (TPSA) is 76.7 Å². The molecule has 1 aliphatic carbocycles. The normalized spacial score (nSPS) is 15.1. The van der Waals surface area contributed by atoms with Crippen LogP contribution < -0.4 is 21.0 Å². The second-order valence-corrected chi connectivity index (χ2v) is 7.44. The summed E-state index contributed by atoms with van der Waals surface area (Å²) in [5.41, 5.74) is 10.2. The molecular weight excluding hydrogens is 368 g/mol. The van der Waals surface area contributed by atoms with Gasteiger partial charge in [0.1, 0.15) is 0 Å². The van der Waals surface area contributed by atoms with Crippen LogP contribution in [0.2, 0.25) is 0 Å². The van der Waals surface area contributed by atoms with Gasteiger partial charge in [-0.15, -0.1) is 0 Å². The summed E-state index contributed by atoms with van der Waals surface area (Å²) < 4.78 is 5.26. The summed E-state index contributed by atoms with van der Waals surface area (Å²) in [7, 11) is 2.96. The van der Waals surface area contributed by atoms with E-state index in [2.05, 4.69) is 37.6 Å². The number of hydrogen-bond donors (Lipinski definition) is 2. The quantitative estimate of drug-likeness (QED) is 0.760. The Balaban J connectivity index is 2.21. The second-order valence-electron chi connectivity index (χ2n) is 7.44. The molecule has 0 saturated heterocycles. The minimum absolute atomic E-state index is 0.0407. The molecule has 0 heterocycles. The monoisotopic (exact) mass is 396 g/mol. The summed E-state index contributed by atoms with van der Waals surface area (Å²) in [5, 5.41) is 3.05. The van der Waals surface area contributed by atoms with Gasteiger partial charge in [0.25, 0.3) is 0 Å². The number of ether oxygens (including phenoxy) is 1. The molecule has 0 spiro atoms. The molecule has 29 heavy (non-hydrogen) atoms.